The summed E-state index contributed by atoms with van der Waals surface area (Å²) in [6.07, 6.45) is -0.0407. The molecule has 0 saturated carbocycles. The molecule has 1 rings (SSSR count). The largest absolute Gasteiger partial charge is 0.506 e. The Morgan fingerprint density at radius 3 is 2.86 bits per heavy atom. The third-order valence-corrected chi connectivity index (χ3v) is 2.44. The highest BCUT2D eigenvalue weighted by Crippen LogP contribution is 2.33. The van der Waals surface area contributed by atoms with Crippen molar-refractivity contribution in [1.82, 2.24) is 0 Å². The fourth-order valence-electron chi connectivity index (χ4n) is 1.11. The number of halogens is 2. The zero-order chi connectivity index (χ0) is 10.7. The monoisotopic (exact) mass is 258 g/mol. The van der Waals surface area contributed by atoms with Crippen molar-refractivity contribution in [3.63, 3.8) is 0 Å². The second-order valence-corrected chi connectivity index (χ2v) is 3.61. The predicted octanol–water partition coefficient (Wildman–Crippen LogP) is 2.21. The maximum Gasteiger partial charge on any atom is 0.137 e. The summed E-state index contributed by atoms with van der Waals surface area (Å²) in [5, 5.41) is 17.9. The molecule has 1 atom stereocenters. The molecule has 1 aromatic carbocycles. The van der Waals surface area contributed by atoms with Crippen molar-refractivity contribution in [2.45, 2.75) is 12.5 Å². The Hall–Kier alpha value is -1.12. The highest BCUT2D eigenvalue weighted by atomic mass is 79.9. The van der Waals surface area contributed by atoms with Crippen LogP contribution >= 0.6 is 15.9 Å². The number of phenols is 1. The van der Waals surface area contributed by atoms with Crippen LogP contribution in [0.1, 0.15) is 18.0 Å². The summed E-state index contributed by atoms with van der Waals surface area (Å²) in [6, 6.07) is 3.59. The lowest BCUT2D eigenvalue weighted by Gasteiger charge is -2.12. The van der Waals surface area contributed by atoms with Crippen LogP contribution in [0.2, 0.25) is 0 Å². The fourth-order valence-corrected chi connectivity index (χ4v) is 1.46. The Kier molecular flexibility index (Phi) is 3.44. The van der Waals surface area contributed by atoms with Gasteiger partial charge in [0.15, 0.2) is 0 Å². The second-order valence-electron chi connectivity index (χ2n) is 2.76. The zero-order valence-electron chi connectivity index (χ0n) is 7.17. The summed E-state index contributed by atoms with van der Waals surface area (Å²) < 4.78 is 13.6. The van der Waals surface area contributed by atoms with Gasteiger partial charge in [0.2, 0.25) is 0 Å². The summed E-state index contributed by atoms with van der Waals surface area (Å²) in [6.45, 7) is 0. The molecule has 5 heteroatoms. The number of rotatable bonds is 2. The van der Waals surface area contributed by atoms with E-state index in [9.17, 15) is 9.50 Å². The lowest BCUT2D eigenvalue weighted by molar-refractivity contribution is 0.446. The van der Waals surface area contributed by atoms with Crippen LogP contribution in [-0.4, -0.2) is 5.11 Å². The summed E-state index contributed by atoms with van der Waals surface area (Å²) in [7, 11) is 0. The summed E-state index contributed by atoms with van der Waals surface area (Å²) in [4.78, 5) is 0. The van der Waals surface area contributed by atoms with Crippen molar-refractivity contribution < 1.29 is 9.50 Å². The van der Waals surface area contributed by atoms with E-state index >= 15 is 0 Å². The molecule has 74 valence electrons. The molecule has 0 spiro atoms. The molecule has 0 bridgehead atoms. The topological polar surface area (TPSA) is 70.0 Å². The SMILES string of the molecule is N#CC[C@@H](N)c1c(F)ccc(Br)c1O. The van der Waals surface area contributed by atoms with Gasteiger partial charge >= 0.3 is 0 Å². The molecule has 0 aliphatic rings. The van der Waals surface area contributed by atoms with Crippen molar-refractivity contribution in [2.75, 3.05) is 0 Å². The number of hydrogen-bond acceptors (Lipinski definition) is 3. The first-order chi connectivity index (χ1) is 6.57. The summed E-state index contributed by atoms with van der Waals surface area (Å²) >= 11 is 3.04. The number of aromatic hydroxyl groups is 1. The first kappa shape index (κ1) is 11.0. The van der Waals surface area contributed by atoms with Gasteiger partial charge in [-0.15, -0.1) is 0 Å². The summed E-state index contributed by atoms with van der Waals surface area (Å²) in [5.41, 5.74) is 5.51. The maximum absolute atomic E-state index is 13.2. The molecule has 0 saturated heterocycles. The van der Waals surface area contributed by atoms with Crippen LogP contribution in [0, 0.1) is 17.1 Å². The third-order valence-electron chi connectivity index (χ3n) is 1.80. The van der Waals surface area contributed by atoms with Crippen LogP contribution in [0.15, 0.2) is 16.6 Å². The van der Waals surface area contributed by atoms with Gasteiger partial charge in [0.05, 0.1) is 17.0 Å². The van der Waals surface area contributed by atoms with E-state index in [1.165, 1.54) is 12.1 Å². The minimum Gasteiger partial charge on any atom is -0.506 e. The Labute approximate surface area is 89.1 Å². The number of nitrogens with zero attached hydrogens (tertiary/aromatic N) is 1. The highest BCUT2D eigenvalue weighted by molar-refractivity contribution is 9.10. The van der Waals surface area contributed by atoms with E-state index in [-0.39, 0.29) is 17.7 Å². The van der Waals surface area contributed by atoms with Crippen molar-refractivity contribution in [3.05, 3.63) is 28.0 Å². The Balaban J connectivity index is 3.19. The lowest BCUT2D eigenvalue weighted by Crippen LogP contribution is -2.11. The summed E-state index contributed by atoms with van der Waals surface area (Å²) in [5.74, 6) is -0.846. The standard InChI is InChI=1S/C9H8BrFN2O/c10-5-1-2-6(11)8(9(5)14)7(13)3-4-12/h1-2,7,14H,3,13H2/t7-/m1/s1. The molecule has 0 radical (unpaired) electrons. The van der Waals surface area contributed by atoms with Crippen LogP contribution in [0.5, 0.6) is 5.75 Å². The molecule has 0 aromatic heterocycles. The van der Waals surface area contributed by atoms with Gasteiger partial charge in [-0.05, 0) is 28.1 Å². The number of benzene rings is 1. The van der Waals surface area contributed by atoms with E-state index in [1.807, 2.05) is 6.07 Å². The van der Waals surface area contributed by atoms with E-state index in [1.54, 1.807) is 0 Å². The van der Waals surface area contributed by atoms with E-state index in [2.05, 4.69) is 15.9 Å². The van der Waals surface area contributed by atoms with Gasteiger partial charge in [-0.25, -0.2) is 4.39 Å². The lowest BCUT2D eigenvalue weighted by atomic mass is 10.0. The van der Waals surface area contributed by atoms with Crippen LogP contribution in [0.4, 0.5) is 4.39 Å². The quantitative estimate of drug-likeness (QED) is 0.855. The van der Waals surface area contributed by atoms with Gasteiger partial charge in [0, 0.05) is 11.6 Å². The minimum atomic E-state index is -0.808. The molecule has 0 heterocycles. The van der Waals surface area contributed by atoms with Crippen LogP contribution in [0.3, 0.4) is 0 Å². The van der Waals surface area contributed by atoms with Gasteiger partial charge in [-0.3, -0.25) is 0 Å². The molecular weight excluding hydrogens is 251 g/mol. The van der Waals surface area contributed by atoms with E-state index in [0.29, 0.717) is 4.47 Å². The average molecular weight is 259 g/mol. The fraction of sp³-hybridized carbons (Fsp3) is 0.222. The first-order valence-corrected chi connectivity index (χ1v) is 4.66. The average Bonchev–Trinajstić information content (AvgIpc) is 2.13. The molecular formula is C9H8BrFN2O. The van der Waals surface area contributed by atoms with Crippen LogP contribution < -0.4 is 5.73 Å². The van der Waals surface area contributed by atoms with Gasteiger partial charge in [0.1, 0.15) is 11.6 Å². The Bertz CT molecular complexity index is 389. The molecule has 3 N–H and O–H groups in total. The van der Waals surface area contributed by atoms with Crippen LogP contribution in [-0.2, 0) is 0 Å². The van der Waals surface area contributed by atoms with E-state index in [0.717, 1.165) is 0 Å². The molecule has 14 heavy (non-hydrogen) atoms. The van der Waals surface area contributed by atoms with E-state index < -0.39 is 11.9 Å². The molecule has 0 fully saturated rings. The molecule has 0 amide bonds. The highest BCUT2D eigenvalue weighted by Gasteiger charge is 2.17. The number of hydrogen-bond donors (Lipinski definition) is 2. The molecule has 0 aliphatic carbocycles. The number of phenolic OH excluding ortho intramolecular Hbond substituents is 1. The Morgan fingerprint density at radius 1 is 1.64 bits per heavy atom. The first-order valence-electron chi connectivity index (χ1n) is 3.87. The van der Waals surface area contributed by atoms with E-state index in [4.69, 9.17) is 11.0 Å². The van der Waals surface area contributed by atoms with Crippen molar-refractivity contribution in [1.29, 1.82) is 5.26 Å². The number of nitrogens with two attached hydrogens (primary N) is 1. The van der Waals surface area contributed by atoms with Gasteiger partial charge in [-0.1, -0.05) is 0 Å². The van der Waals surface area contributed by atoms with Crippen LogP contribution in [0.25, 0.3) is 0 Å². The molecule has 0 unspecified atom stereocenters. The van der Waals surface area contributed by atoms with Gasteiger partial charge in [0.25, 0.3) is 0 Å². The third kappa shape index (κ3) is 2.03. The molecule has 0 aliphatic heterocycles. The smallest absolute Gasteiger partial charge is 0.137 e. The van der Waals surface area contributed by atoms with Gasteiger partial charge in [-0.2, -0.15) is 5.26 Å². The molecule has 3 nitrogen and oxygen atoms in total. The normalized spacial score (nSPS) is 12.1. The maximum atomic E-state index is 13.2. The van der Waals surface area contributed by atoms with Crippen molar-refractivity contribution in [3.8, 4) is 11.8 Å². The minimum absolute atomic E-state index is 0.0269. The predicted molar refractivity (Wildman–Crippen MR) is 52.9 cm³/mol. The second kappa shape index (κ2) is 4.40. The molecule has 1 aromatic rings. The van der Waals surface area contributed by atoms with Gasteiger partial charge < -0.3 is 10.8 Å². The Morgan fingerprint density at radius 2 is 2.29 bits per heavy atom. The zero-order valence-corrected chi connectivity index (χ0v) is 8.75. The number of nitriles is 1. The van der Waals surface area contributed by atoms with Crippen molar-refractivity contribution in [2.24, 2.45) is 5.73 Å². The van der Waals surface area contributed by atoms with Crippen molar-refractivity contribution >= 4 is 15.9 Å².